The molecule has 0 fully saturated rings. The van der Waals surface area contributed by atoms with E-state index < -0.39 is 11.7 Å². The Kier molecular flexibility index (Phi) is 6.78. The zero-order chi connectivity index (χ0) is 25.9. The second-order valence-corrected chi connectivity index (χ2v) is 9.00. The van der Waals surface area contributed by atoms with Gasteiger partial charge in [0.05, 0.1) is 36.0 Å². The van der Waals surface area contributed by atoms with E-state index in [4.69, 9.17) is 17.0 Å². The summed E-state index contributed by atoms with van der Waals surface area (Å²) < 4.78 is 8.23. The van der Waals surface area contributed by atoms with Gasteiger partial charge in [0.15, 0.2) is 16.7 Å². The van der Waals surface area contributed by atoms with Gasteiger partial charge in [0.25, 0.3) is 0 Å². The van der Waals surface area contributed by atoms with Crippen molar-refractivity contribution in [1.82, 2.24) is 35.0 Å². The van der Waals surface area contributed by atoms with Crippen LogP contribution >= 0.6 is 12.2 Å². The van der Waals surface area contributed by atoms with Crippen LogP contribution in [0.5, 0.6) is 0 Å². The van der Waals surface area contributed by atoms with E-state index in [2.05, 4.69) is 36.2 Å². The molecule has 4 rings (SSSR count). The van der Waals surface area contributed by atoms with Crippen molar-refractivity contribution < 1.29 is 14.3 Å². The molecular weight excluding hydrogens is 484 g/mol. The molecule has 0 saturated heterocycles. The number of anilines is 4. The van der Waals surface area contributed by atoms with Crippen molar-refractivity contribution in [2.45, 2.75) is 26.4 Å². The highest BCUT2D eigenvalue weighted by atomic mass is 32.1. The second kappa shape index (κ2) is 9.95. The van der Waals surface area contributed by atoms with Crippen molar-refractivity contribution in [2.24, 2.45) is 7.05 Å². The Labute approximate surface area is 211 Å². The molecule has 0 spiro atoms. The molecule has 13 nitrogen and oxygen atoms in total. The minimum Gasteiger partial charge on any atom is -0.442 e. The topological polar surface area (TPSA) is 144 Å². The Hall–Kier alpha value is -4.59. The Morgan fingerprint density at radius 1 is 1.14 bits per heavy atom. The van der Waals surface area contributed by atoms with Crippen LogP contribution in [0.3, 0.4) is 0 Å². The maximum Gasteiger partial charge on any atom is 0.435 e. The van der Waals surface area contributed by atoms with E-state index in [9.17, 15) is 9.59 Å². The molecule has 0 aliphatic rings. The fraction of sp³-hybridized carbons (Fsp3) is 0.227. The molecule has 1 amide bonds. The van der Waals surface area contributed by atoms with Crippen LogP contribution in [0.15, 0.2) is 49.2 Å². The number of aryl methyl sites for hydroxylation is 1. The summed E-state index contributed by atoms with van der Waals surface area (Å²) >= 11 is 5.51. The summed E-state index contributed by atoms with van der Waals surface area (Å²) in [5.41, 5.74) is 3.77. The Morgan fingerprint density at radius 2 is 1.94 bits per heavy atom. The lowest BCUT2D eigenvalue weighted by Crippen LogP contribution is -2.45. The molecule has 0 unspecified atom stereocenters. The molecule has 14 heteroatoms. The molecule has 0 radical (unpaired) electrons. The first kappa shape index (κ1) is 24.5. The van der Waals surface area contributed by atoms with Crippen LogP contribution in [0, 0.1) is 0 Å². The normalized spacial score (nSPS) is 11.1. The lowest BCUT2D eigenvalue weighted by atomic mass is 10.2. The number of ether oxygens (including phenoxy) is 1. The van der Waals surface area contributed by atoms with Crippen molar-refractivity contribution >= 4 is 63.7 Å². The quantitative estimate of drug-likeness (QED) is 0.201. The van der Waals surface area contributed by atoms with Crippen LogP contribution in [0.25, 0.3) is 10.9 Å². The van der Waals surface area contributed by atoms with Gasteiger partial charge in [-0.3, -0.25) is 19.9 Å². The molecule has 3 aromatic heterocycles. The third-order valence-electron chi connectivity index (χ3n) is 4.60. The summed E-state index contributed by atoms with van der Waals surface area (Å²) in [4.78, 5) is 32.4. The summed E-state index contributed by atoms with van der Waals surface area (Å²) in [5.74, 6) is 0.698. The van der Waals surface area contributed by atoms with Crippen molar-refractivity contribution in [2.75, 3.05) is 15.6 Å². The number of nitrogens with one attached hydrogen (secondary N) is 3. The van der Waals surface area contributed by atoms with Crippen LogP contribution in [-0.4, -0.2) is 52.7 Å². The smallest absolute Gasteiger partial charge is 0.435 e. The molecule has 0 aliphatic carbocycles. The lowest BCUT2D eigenvalue weighted by Gasteiger charge is -2.23. The zero-order valence-corrected chi connectivity index (χ0v) is 20.8. The first-order valence-electron chi connectivity index (χ1n) is 10.7. The van der Waals surface area contributed by atoms with Crippen molar-refractivity contribution in [3.05, 3.63) is 49.2 Å². The number of nitrogens with zero attached hydrogens (tertiary/aromatic N) is 7. The zero-order valence-electron chi connectivity index (χ0n) is 20.0. The fourth-order valence-electron chi connectivity index (χ4n) is 3.18. The van der Waals surface area contributed by atoms with E-state index in [1.165, 1.54) is 22.1 Å². The number of aromatic nitrogens is 6. The number of amides is 1. The Morgan fingerprint density at radius 3 is 2.64 bits per heavy atom. The summed E-state index contributed by atoms with van der Waals surface area (Å²) in [5, 5.41) is 16.5. The average Bonchev–Trinajstić information content (AvgIpc) is 3.42. The number of thiocarbonyl (C=S) groups is 1. The highest BCUT2D eigenvalue weighted by Gasteiger charge is 2.20. The van der Waals surface area contributed by atoms with E-state index in [1.807, 2.05) is 0 Å². The van der Waals surface area contributed by atoms with Gasteiger partial charge in [0, 0.05) is 24.3 Å². The van der Waals surface area contributed by atoms with E-state index in [0.29, 0.717) is 28.8 Å². The van der Waals surface area contributed by atoms with Gasteiger partial charge in [0.2, 0.25) is 6.41 Å². The number of benzene rings is 1. The lowest BCUT2D eigenvalue weighted by molar-refractivity contribution is -0.109. The Balaban J connectivity index is 1.52. The van der Waals surface area contributed by atoms with Gasteiger partial charge >= 0.3 is 6.09 Å². The third-order valence-corrected chi connectivity index (χ3v) is 4.88. The number of rotatable bonds is 6. The van der Waals surface area contributed by atoms with Gasteiger partial charge in [-0.1, -0.05) is 0 Å². The monoisotopic (exact) mass is 508 g/mol. The highest BCUT2D eigenvalue weighted by molar-refractivity contribution is 7.80. The fourth-order valence-corrected chi connectivity index (χ4v) is 3.44. The number of hydrogen-bond acceptors (Lipinski definition) is 9. The van der Waals surface area contributed by atoms with Crippen LogP contribution in [0.2, 0.25) is 0 Å². The van der Waals surface area contributed by atoms with E-state index >= 15 is 0 Å². The summed E-state index contributed by atoms with van der Waals surface area (Å²) in [6.45, 7) is 5.36. The molecule has 0 bridgehead atoms. The maximum absolute atomic E-state index is 12.4. The van der Waals surface area contributed by atoms with Crippen molar-refractivity contribution in [3.8, 4) is 0 Å². The molecule has 186 valence electrons. The number of fused-ring (bicyclic) bond motifs is 1. The number of carbonyl (C=O) groups is 2. The molecular formula is C22H24N10O3S. The molecule has 0 saturated carbocycles. The standard InChI is InChI=1S/C22H24N10O3S/c1-22(2,3)35-21(34)31-17-6-5-15(7-14(17)8-25-31)28-20(36)32(26-13-33)19-11-23-10-18(29-19)27-16-9-24-30(4)12-16/h5-13H,1-4H3,(H,26,33)(H,27,29)(H,28,36). The number of hydrazine groups is 1. The van der Waals surface area contributed by atoms with E-state index in [-0.39, 0.29) is 10.9 Å². The van der Waals surface area contributed by atoms with Gasteiger partial charge in [-0.05, 0) is 51.2 Å². The predicted molar refractivity (Wildman–Crippen MR) is 138 cm³/mol. The van der Waals surface area contributed by atoms with Crippen molar-refractivity contribution in [1.29, 1.82) is 0 Å². The third kappa shape index (κ3) is 5.72. The van der Waals surface area contributed by atoms with Crippen LogP contribution in [-0.2, 0) is 16.6 Å². The van der Waals surface area contributed by atoms with Crippen LogP contribution in [0.4, 0.5) is 27.8 Å². The largest absolute Gasteiger partial charge is 0.442 e. The van der Waals surface area contributed by atoms with Gasteiger partial charge in [-0.2, -0.15) is 14.9 Å². The SMILES string of the molecule is Cn1cc(Nc2cncc(N(NC=O)C(=S)Nc3ccc4c(cnn4C(=O)OC(C)(C)C)c3)n2)cn1. The van der Waals surface area contributed by atoms with Gasteiger partial charge in [-0.25, -0.2) is 14.8 Å². The summed E-state index contributed by atoms with van der Waals surface area (Å²) in [6, 6.07) is 5.20. The summed E-state index contributed by atoms with van der Waals surface area (Å²) in [7, 11) is 1.80. The predicted octanol–water partition coefficient (Wildman–Crippen LogP) is 2.95. The van der Waals surface area contributed by atoms with E-state index in [0.717, 1.165) is 5.69 Å². The highest BCUT2D eigenvalue weighted by Crippen LogP contribution is 2.22. The Bertz CT molecular complexity index is 1420. The average molecular weight is 509 g/mol. The van der Waals surface area contributed by atoms with Gasteiger partial charge in [-0.15, -0.1) is 0 Å². The van der Waals surface area contributed by atoms with Crippen LogP contribution < -0.4 is 21.1 Å². The molecule has 1 aromatic carbocycles. The number of hydrogen-bond donors (Lipinski definition) is 3. The van der Waals surface area contributed by atoms with Crippen molar-refractivity contribution in [3.63, 3.8) is 0 Å². The first-order valence-corrected chi connectivity index (χ1v) is 11.1. The number of carbonyl (C=O) groups excluding carboxylic acids is 2. The second-order valence-electron chi connectivity index (χ2n) is 8.61. The van der Waals surface area contributed by atoms with Gasteiger partial charge < -0.3 is 15.4 Å². The minimum atomic E-state index is -0.647. The molecule has 4 aromatic rings. The molecule has 0 atom stereocenters. The maximum atomic E-state index is 12.4. The molecule has 3 N–H and O–H groups in total. The van der Waals surface area contributed by atoms with E-state index in [1.54, 1.807) is 69.3 Å². The summed E-state index contributed by atoms with van der Waals surface area (Å²) in [6.07, 6.45) is 7.86. The molecule has 0 aliphatic heterocycles. The minimum absolute atomic E-state index is 0.133. The van der Waals surface area contributed by atoms with Crippen LogP contribution in [0.1, 0.15) is 20.8 Å². The van der Waals surface area contributed by atoms with Gasteiger partial charge in [0.1, 0.15) is 5.60 Å². The molecule has 3 heterocycles. The molecule has 36 heavy (non-hydrogen) atoms. The first-order chi connectivity index (χ1) is 17.1.